The highest BCUT2D eigenvalue weighted by Crippen LogP contribution is 2.48. The number of fused-ring (bicyclic) bond motifs is 1. The zero-order valence-corrected chi connectivity index (χ0v) is 18.8. The first kappa shape index (κ1) is 21.6. The van der Waals surface area contributed by atoms with Crippen LogP contribution in [-0.2, 0) is 19.1 Å². The molecule has 1 aromatic rings. The van der Waals surface area contributed by atoms with E-state index in [0.717, 1.165) is 31.5 Å². The Morgan fingerprint density at radius 1 is 1.00 bits per heavy atom. The Bertz CT molecular complexity index is 924. The Labute approximate surface area is 188 Å². The third-order valence-corrected chi connectivity index (χ3v) is 7.75. The first-order chi connectivity index (χ1) is 15.4. The summed E-state index contributed by atoms with van der Waals surface area (Å²) in [4.78, 5) is 31.2. The van der Waals surface area contributed by atoms with Gasteiger partial charge in [0.2, 0.25) is 0 Å². The number of nitrogens with zero attached hydrogens (tertiary/aromatic N) is 2. The Balaban J connectivity index is 1.47. The SMILES string of the molecule is CC1CC2OC3=C(C(=O)C2CC1C)C(c1ccc(F)cc1)N(CCN1CCOCC1)C3=O. The van der Waals surface area contributed by atoms with Gasteiger partial charge in [-0.3, -0.25) is 14.5 Å². The van der Waals surface area contributed by atoms with E-state index < -0.39 is 6.04 Å². The van der Waals surface area contributed by atoms with Crippen LogP contribution in [0.3, 0.4) is 0 Å². The number of ketones is 1. The van der Waals surface area contributed by atoms with Gasteiger partial charge in [-0.1, -0.05) is 26.0 Å². The minimum atomic E-state index is -0.526. The minimum Gasteiger partial charge on any atom is -0.483 e. The molecule has 1 amide bonds. The molecule has 0 radical (unpaired) electrons. The van der Waals surface area contributed by atoms with Gasteiger partial charge in [0.25, 0.3) is 5.91 Å². The van der Waals surface area contributed by atoms with Crippen LogP contribution in [0.1, 0.15) is 38.3 Å². The van der Waals surface area contributed by atoms with Crippen LogP contribution in [0.15, 0.2) is 35.6 Å². The van der Waals surface area contributed by atoms with E-state index in [9.17, 15) is 14.0 Å². The molecular formula is C25H31FN2O4. The normalized spacial score (nSPS) is 33.2. The number of rotatable bonds is 4. The number of carbonyl (C=O) groups excluding carboxylic acids is 2. The lowest BCUT2D eigenvalue weighted by atomic mass is 9.70. The molecule has 1 saturated carbocycles. The minimum absolute atomic E-state index is 0.0338. The number of ether oxygens (including phenoxy) is 2. The number of halogens is 1. The summed E-state index contributed by atoms with van der Waals surface area (Å²) in [5.74, 6) is 0.364. The summed E-state index contributed by atoms with van der Waals surface area (Å²) in [6, 6.07) is 5.60. The van der Waals surface area contributed by atoms with Crippen LogP contribution in [-0.4, -0.2) is 67.0 Å². The Morgan fingerprint density at radius 3 is 2.41 bits per heavy atom. The van der Waals surface area contributed by atoms with Crippen LogP contribution in [0.25, 0.3) is 0 Å². The van der Waals surface area contributed by atoms with E-state index >= 15 is 0 Å². The molecule has 1 aliphatic carbocycles. The van der Waals surface area contributed by atoms with Crippen molar-refractivity contribution in [3.63, 3.8) is 0 Å². The molecule has 4 aliphatic rings. The van der Waals surface area contributed by atoms with E-state index in [0.29, 0.717) is 43.7 Å². The van der Waals surface area contributed by atoms with Gasteiger partial charge >= 0.3 is 0 Å². The molecular weight excluding hydrogens is 411 g/mol. The molecule has 3 heterocycles. The molecule has 0 N–H and O–H groups in total. The summed E-state index contributed by atoms with van der Waals surface area (Å²) in [7, 11) is 0. The summed E-state index contributed by atoms with van der Waals surface area (Å²) in [6.45, 7) is 8.57. The molecule has 7 heteroatoms. The lowest BCUT2D eigenvalue weighted by Crippen LogP contribution is -2.43. The van der Waals surface area contributed by atoms with Crippen molar-refractivity contribution < 1.29 is 23.5 Å². The van der Waals surface area contributed by atoms with E-state index in [1.165, 1.54) is 12.1 Å². The molecule has 172 valence electrons. The van der Waals surface area contributed by atoms with E-state index in [4.69, 9.17) is 9.47 Å². The maximum Gasteiger partial charge on any atom is 0.290 e. The van der Waals surface area contributed by atoms with E-state index in [-0.39, 0.29) is 35.3 Å². The zero-order valence-electron chi connectivity index (χ0n) is 18.8. The van der Waals surface area contributed by atoms with E-state index in [1.807, 2.05) is 0 Å². The number of morpholine rings is 1. The quantitative estimate of drug-likeness (QED) is 0.718. The molecule has 5 atom stereocenters. The second-order valence-electron chi connectivity index (χ2n) is 9.70. The Morgan fingerprint density at radius 2 is 1.69 bits per heavy atom. The molecule has 1 saturated heterocycles. The van der Waals surface area contributed by atoms with Gasteiger partial charge in [0.15, 0.2) is 11.5 Å². The topological polar surface area (TPSA) is 59.1 Å². The number of hydrogen-bond acceptors (Lipinski definition) is 5. The molecule has 3 aliphatic heterocycles. The van der Waals surface area contributed by atoms with Gasteiger partial charge in [0, 0.05) is 26.2 Å². The highest BCUT2D eigenvalue weighted by Gasteiger charge is 2.53. The number of Topliss-reactive ketones (excluding diaryl/α,β-unsaturated/α-hetero) is 1. The maximum absolute atomic E-state index is 13.7. The van der Waals surface area contributed by atoms with Crippen molar-refractivity contribution in [2.45, 2.75) is 38.8 Å². The molecule has 5 rings (SSSR count). The average molecular weight is 443 g/mol. The van der Waals surface area contributed by atoms with E-state index in [1.54, 1.807) is 17.0 Å². The van der Waals surface area contributed by atoms with Crippen molar-refractivity contribution in [2.24, 2.45) is 17.8 Å². The summed E-state index contributed by atoms with van der Waals surface area (Å²) >= 11 is 0. The third kappa shape index (κ3) is 3.75. The standard InChI is InChI=1S/C25H31FN2O4/c1-15-13-19-20(14-16(15)2)32-24-21(23(19)29)22(17-3-5-18(26)6-4-17)28(25(24)30)8-7-27-9-11-31-12-10-27/h3-6,15-16,19-20,22H,7-14H2,1-2H3. The van der Waals surface area contributed by atoms with Crippen molar-refractivity contribution in [1.82, 2.24) is 9.80 Å². The fourth-order valence-corrected chi connectivity index (χ4v) is 5.60. The smallest absolute Gasteiger partial charge is 0.290 e. The first-order valence-corrected chi connectivity index (χ1v) is 11.8. The second-order valence-corrected chi connectivity index (χ2v) is 9.70. The molecule has 0 spiro atoms. The van der Waals surface area contributed by atoms with Gasteiger partial charge in [0.1, 0.15) is 11.9 Å². The van der Waals surface area contributed by atoms with Crippen molar-refractivity contribution in [1.29, 1.82) is 0 Å². The summed E-state index contributed by atoms with van der Waals surface area (Å²) in [6.07, 6.45) is 1.33. The van der Waals surface area contributed by atoms with E-state index in [2.05, 4.69) is 18.7 Å². The van der Waals surface area contributed by atoms with Crippen molar-refractivity contribution in [3.05, 3.63) is 47.0 Å². The second kappa shape index (κ2) is 8.60. The van der Waals surface area contributed by atoms with Crippen LogP contribution < -0.4 is 0 Å². The maximum atomic E-state index is 13.7. The molecule has 1 aromatic carbocycles. The van der Waals surface area contributed by atoms with Gasteiger partial charge in [-0.25, -0.2) is 4.39 Å². The molecule has 2 fully saturated rings. The number of hydrogen-bond donors (Lipinski definition) is 0. The van der Waals surface area contributed by atoms with Gasteiger partial charge in [-0.05, 0) is 42.4 Å². The van der Waals surface area contributed by atoms with Gasteiger partial charge in [-0.15, -0.1) is 0 Å². The van der Waals surface area contributed by atoms with Crippen molar-refractivity contribution in [3.8, 4) is 0 Å². The number of carbonyl (C=O) groups is 2. The van der Waals surface area contributed by atoms with Crippen LogP contribution in [0.2, 0.25) is 0 Å². The molecule has 6 nitrogen and oxygen atoms in total. The fourth-order valence-electron chi connectivity index (χ4n) is 5.60. The predicted octanol–water partition coefficient (Wildman–Crippen LogP) is 2.95. The first-order valence-electron chi connectivity index (χ1n) is 11.8. The Kier molecular flexibility index (Phi) is 5.80. The van der Waals surface area contributed by atoms with Crippen molar-refractivity contribution >= 4 is 11.7 Å². The average Bonchev–Trinajstić information content (AvgIpc) is 3.07. The lowest BCUT2D eigenvalue weighted by molar-refractivity contribution is -0.137. The van der Waals surface area contributed by atoms with Crippen LogP contribution in [0, 0.1) is 23.6 Å². The highest BCUT2D eigenvalue weighted by atomic mass is 19.1. The summed E-state index contributed by atoms with van der Waals surface area (Å²) in [5.41, 5.74) is 1.21. The highest BCUT2D eigenvalue weighted by molar-refractivity contribution is 6.11. The summed E-state index contributed by atoms with van der Waals surface area (Å²) < 4.78 is 25.3. The number of benzene rings is 1. The monoisotopic (exact) mass is 442 g/mol. The predicted molar refractivity (Wildman–Crippen MR) is 116 cm³/mol. The molecule has 5 unspecified atom stereocenters. The summed E-state index contributed by atoms with van der Waals surface area (Å²) in [5, 5.41) is 0. The Hall–Kier alpha value is -2.25. The van der Waals surface area contributed by atoms with Crippen LogP contribution in [0.4, 0.5) is 4.39 Å². The molecule has 0 aromatic heterocycles. The molecule has 0 bridgehead atoms. The lowest BCUT2D eigenvalue weighted by Gasteiger charge is -2.40. The van der Waals surface area contributed by atoms with Crippen molar-refractivity contribution in [2.75, 3.05) is 39.4 Å². The van der Waals surface area contributed by atoms with Gasteiger partial charge < -0.3 is 14.4 Å². The fraction of sp³-hybridized carbons (Fsp3) is 0.600. The largest absolute Gasteiger partial charge is 0.483 e. The van der Waals surface area contributed by atoms with Crippen LogP contribution in [0.5, 0.6) is 0 Å². The third-order valence-electron chi connectivity index (χ3n) is 7.75. The number of amides is 1. The van der Waals surface area contributed by atoms with Gasteiger partial charge in [0.05, 0.1) is 30.7 Å². The van der Waals surface area contributed by atoms with Gasteiger partial charge in [-0.2, -0.15) is 0 Å². The van der Waals surface area contributed by atoms with Crippen LogP contribution >= 0.6 is 0 Å². The zero-order chi connectivity index (χ0) is 22.4. The molecule has 32 heavy (non-hydrogen) atoms.